The highest BCUT2D eigenvalue weighted by molar-refractivity contribution is 7.27. The highest BCUT2D eigenvalue weighted by Crippen LogP contribution is 2.47. The Hall–Kier alpha value is -6.58. The van der Waals surface area contributed by atoms with Gasteiger partial charge in [-0.3, -0.25) is 0 Å². The Morgan fingerprint density at radius 2 is 0.518 bits per heavy atom. The van der Waals surface area contributed by atoms with E-state index in [4.69, 9.17) is 0 Å². The molecule has 260 valence electrons. The molecule has 12 rings (SSSR count). The molecule has 12 aromatic rings. The second kappa shape index (κ2) is 12.5. The summed E-state index contributed by atoms with van der Waals surface area (Å²) in [4.78, 5) is 0. The third kappa shape index (κ3) is 4.77. The summed E-state index contributed by atoms with van der Waals surface area (Å²) in [6, 6.07) is 71.9. The summed E-state index contributed by atoms with van der Waals surface area (Å²) in [6.07, 6.45) is 0. The van der Waals surface area contributed by atoms with Gasteiger partial charge in [-0.25, -0.2) is 0 Å². The van der Waals surface area contributed by atoms with E-state index in [1.165, 1.54) is 117 Å². The van der Waals surface area contributed by atoms with Crippen molar-refractivity contribution in [3.8, 4) is 44.5 Å². The van der Waals surface area contributed by atoms with Gasteiger partial charge >= 0.3 is 0 Å². The molecule has 0 aliphatic carbocycles. The average Bonchev–Trinajstić information content (AvgIpc) is 3.86. The van der Waals surface area contributed by atoms with Crippen LogP contribution in [-0.4, -0.2) is 0 Å². The zero-order valence-electron chi connectivity index (χ0n) is 30.3. The molecule has 0 aliphatic heterocycles. The van der Waals surface area contributed by atoms with Gasteiger partial charge in [-0.15, -0.1) is 22.7 Å². The molecule has 56 heavy (non-hydrogen) atoms. The largest absolute Gasteiger partial charge is 0.134 e. The van der Waals surface area contributed by atoms with Crippen LogP contribution >= 0.6 is 22.7 Å². The van der Waals surface area contributed by atoms with Gasteiger partial charge in [0.2, 0.25) is 0 Å². The van der Waals surface area contributed by atoms with Crippen molar-refractivity contribution < 1.29 is 0 Å². The molecule has 2 aromatic heterocycles. The minimum absolute atomic E-state index is 1.24. The molecule has 0 aliphatic rings. The number of fused-ring (bicyclic) bond motifs is 12. The lowest BCUT2D eigenvalue weighted by Gasteiger charge is -2.12. The molecule has 0 spiro atoms. The Bertz CT molecular complexity index is 3490. The molecule has 0 bridgehead atoms. The van der Waals surface area contributed by atoms with Crippen LogP contribution in [0.3, 0.4) is 0 Å². The summed E-state index contributed by atoms with van der Waals surface area (Å²) in [5.74, 6) is 0. The minimum atomic E-state index is 1.24. The lowest BCUT2D eigenvalue weighted by atomic mass is 9.92. The van der Waals surface area contributed by atoms with Crippen molar-refractivity contribution in [1.29, 1.82) is 0 Å². The van der Waals surface area contributed by atoms with Crippen molar-refractivity contribution in [1.82, 2.24) is 0 Å². The van der Waals surface area contributed by atoms with Gasteiger partial charge in [0.05, 0.1) is 0 Å². The van der Waals surface area contributed by atoms with E-state index in [1.54, 1.807) is 0 Å². The van der Waals surface area contributed by atoms with E-state index in [-0.39, 0.29) is 0 Å². The zero-order valence-corrected chi connectivity index (χ0v) is 31.9. The third-order valence-corrected chi connectivity index (χ3v) is 14.2. The van der Waals surface area contributed by atoms with Gasteiger partial charge < -0.3 is 0 Å². The van der Waals surface area contributed by atoms with E-state index >= 15 is 0 Å². The topological polar surface area (TPSA) is 0 Å². The van der Waals surface area contributed by atoms with Crippen LogP contribution in [0.2, 0.25) is 0 Å². The predicted octanol–water partition coefficient (Wildman–Crippen LogP) is 16.5. The maximum Gasteiger partial charge on any atom is 0.0434 e. The van der Waals surface area contributed by atoms with Crippen molar-refractivity contribution in [2.75, 3.05) is 0 Å². The molecule has 0 N–H and O–H groups in total. The Morgan fingerprint density at radius 3 is 0.982 bits per heavy atom. The molecule has 0 nitrogen and oxygen atoms in total. The molecule has 2 heteroatoms. The summed E-state index contributed by atoms with van der Waals surface area (Å²) < 4.78 is 5.34. The van der Waals surface area contributed by atoms with E-state index in [0.717, 1.165) is 0 Å². The molecule has 0 saturated carbocycles. The fraction of sp³-hybridized carbons (Fsp3) is 0. The minimum Gasteiger partial charge on any atom is -0.134 e. The molecule has 0 atom stereocenters. The summed E-state index contributed by atoms with van der Waals surface area (Å²) in [6.45, 7) is 0. The van der Waals surface area contributed by atoms with E-state index < -0.39 is 0 Å². The smallest absolute Gasteiger partial charge is 0.0434 e. The molecule has 0 amide bonds. The summed E-state index contributed by atoms with van der Waals surface area (Å²) in [5, 5.41) is 13.1. The van der Waals surface area contributed by atoms with Crippen LogP contribution in [0.15, 0.2) is 194 Å². The monoisotopic (exact) mass is 744 g/mol. The predicted molar refractivity (Wildman–Crippen MR) is 246 cm³/mol. The van der Waals surface area contributed by atoms with Crippen molar-refractivity contribution in [2.45, 2.75) is 0 Å². The first kappa shape index (κ1) is 31.7. The Balaban J connectivity index is 1.01. The van der Waals surface area contributed by atoms with Gasteiger partial charge in [0.15, 0.2) is 0 Å². The van der Waals surface area contributed by atoms with Gasteiger partial charge in [-0.1, -0.05) is 182 Å². The second-order valence-electron chi connectivity index (χ2n) is 14.7. The standard InChI is InChI=1S/C54H32S2/c1-2-13-33(14-3-1)37-21-9-25-46-47-26-10-22-38(52(47)55-51(37)46)34-15-8-16-35(31-34)39-23-11-27-48-49-28-12-24-40(54(49)56-53(39)48)36-29-30-45-43-19-5-4-17-41(43)42-18-6-7-20-44(42)50(45)32-36/h1-32H. The van der Waals surface area contributed by atoms with Gasteiger partial charge in [-0.2, -0.15) is 0 Å². The lowest BCUT2D eigenvalue weighted by Crippen LogP contribution is -1.85. The van der Waals surface area contributed by atoms with Crippen LogP contribution in [0.25, 0.3) is 117 Å². The maximum atomic E-state index is 2.42. The van der Waals surface area contributed by atoms with Crippen LogP contribution in [0.1, 0.15) is 0 Å². The highest BCUT2D eigenvalue weighted by Gasteiger charge is 2.18. The first-order valence-corrected chi connectivity index (χ1v) is 20.8. The van der Waals surface area contributed by atoms with Crippen LogP contribution < -0.4 is 0 Å². The van der Waals surface area contributed by atoms with Crippen molar-refractivity contribution in [3.05, 3.63) is 194 Å². The third-order valence-electron chi connectivity index (χ3n) is 11.7. The molecule has 10 aromatic carbocycles. The normalized spacial score (nSPS) is 11.9. The van der Waals surface area contributed by atoms with Crippen molar-refractivity contribution in [3.63, 3.8) is 0 Å². The fourth-order valence-electron chi connectivity index (χ4n) is 9.10. The summed E-state index contributed by atoms with van der Waals surface area (Å²) >= 11 is 3.84. The second-order valence-corrected chi connectivity index (χ2v) is 16.8. The Labute approximate surface area is 332 Å². The molecule has 0 radical (unpaired) electrons. The van der Waals surface area contributed by atoms with Gasteiger partial charge in [0.1, 0.15) is 0 Å². The Morgan fingerprint density at radius 1 is 0.196 bits per heavy atom. The van der Waals surface area contributed by atoms with Crippen LogP contribution in [-0.2, 0) is 0 Å². The Kier molecular flexibility index (Phi) is 7.07. The number of thiophene rings is 2. The van der Waals surface area contributed by atoms with Crippen molar-refractivity contribution >= 4 is 95.3 Å². The molecular weight excluding hydrogens is 713 g/mol. The van der Waals surface area contributed by atoms with E-state index in [2.05, 4.69) is 194 Å². The van der Waals surface area contributed by atoms with Crippen LogP contribution in [0, 0.1) is 0 Å². The number of hydrogen-bond donors (Lipinski definition) is 0. The first-order valence-electron chi connectivity index (χ1n) is 19.2. The first-order chi connectivity index (χ1) is 27.8. The van der Waals surface area contributed by atoms with Crippen molar-refractivity contribution in [2.24, 2.45) is 0 Å². The maximum absolute atomic E-state index is 2.42. The quantitative estimate of drug-likeness (QED) is 0.157. The molecule has 2 heterocycles. The number of rotatable bonds is 4. The van der Waals surface area contributed by atoms with E-state index in [9.17, 15) is 0 Å². The van der Waals surface area contributed by atoms with Gasteiger partial charge in [-0.05, 0) is 89.0 Å². The van der Waals surface area contributed by atoms with Gasteiger partial charge in [0, 0.05) is 40.3 Å². The zero-order chi connectivity index (χ0) is 36.7. The lowest BCUT2D eigenvalue weighted by molar-refractivity contribution is 1.65. The van der Waals surface area contributed by atoms with Crippen LogP contribution in [0.5, 0.6) is 0 Å². The van der Waals surface area contributed by atoms with E-state index in [1.807, 2.05) is 22.7 Å². The molecule has 0 saturated heterocycles. The highest BCUT2D eigenvalue weighted by atomic mass is 32.1. The van der Waals surface area contributed by atoms with E-state index in [0.29, 0.717) is 0 Å². The molecular formula is C54H32S2. The van der Waals surface area contributed by atoms with Crippen LogP contribution in [0.4, 0.5) is 0 Å². The van der Waals surface area contributed by atoms with Gasteiger partial charge in [0.25, 0.3) is 0 Å². The molecule has 0 unspecified atom stereocenters. The fourth-order valence-corrected chi connectivity index (χ4v) is 11.8. The summed E-state index contributed by atoms with van der Waals surface area (Å²) in [7, 11) is 0. The summed E-state index contributed by atoms with van der Waals surface area (Å²) in [5.41, 5.74) is 10.2. The average molecular weight is 745 g/mol. The SMILES string of the molecule is c1ccc(-c2cccc3c2sc2c(-c4cccc(-c5cccc6c5sc5c(-c7ccc8c9ccccc9c9ccccc9c8c7)cccc56)c4)cccc23)cc1. The number of hydrogen-bond acceptors (Lipinski definition) is 2. The number of benzene rings is 10. The molecule has 0 fully saturated rings.